The number of aryl methyl sites for hydroxylation is 1. The molecule has 17 heavy (non-hydrogen) atoms. The molecule has 0 aromatic carbocycles. The van der Waals surface area contributed by atoms with Crippen molar-refractivity contribution in [3.63, 3.8) is 0 Å². The summed E-state index contributed by atoms with van der Waals surface area (Å²) in [5.74, 6) is 1.18. The molecule has 0 aliphatic heterocycles. The number of fused-ring (bicyclic) bond motifs is 1. The van der Waals surface area contributed by atoms with Crippen molar-refractivity contribution in [2.45, 2.75) is 45.6 Å². The van der Waals surface area contributed by atoms with E-state index in [1.54, 1.807) is 6.33 Å². The number of aromatic nitrogens is 2. The highest BCUT2D eigenvalue weighted by atomic mass is 16.3. The van der Waals surface area contributed by atoms with Gasteiger partial charge in [0.05, 0.1) is 6.10 Å². The van der Waals surface area contributed by atoms with Crippen molar-refractivity contribution in [2.24, 2.45) is 5.92 Å². The summed E-state index contributed by atoms with van der Waals surface area (Å²) in [6.45, 7) is 4.59. The highest BCUT2D eigenvalue weighted by Gasteiger charge is 2.16. The van der Waals surface area contributed by atoms with Gasteiger partial charge < -0.3 is 10.4 Å². The van der Waals surface area contributed by atoms with Crippen LogP contribution in [0, 0.1) is 5.92 Å². The van der Waals surface area contributed by atoms with Crippen molar-refractivity contribution < 1.29 is 5.11 Å². The summed E-state index contributed by atoms with van der Waals surface area (Å²) in [5.41, 5.74) is 2.42. The molecule has 0 fully saturated rings. The van der Waals surface area contributed by atoms with Crippen molar-refractivity contribution >= 4 is 5.82 Å². The fourth-order valence-electron chi connectivity index (χ4n) is 2.11. The molecule has 1 aromatic rings. The van der Waals surface area contributed by atoms with Crippen LogP contribution in [0.1, 0.15) is 37.9 Å². The topological polar surface area (TPSA) is 58.0 Å². The Morgan fingerprint density at radius 1 is 1.29 bits per heavy atom. The third kappa shape index (κ3) is 2.94. The first kappa shape index (κ1) is 12.3. The summed E-state index contributed by atoms with van der Waals surface area (Å²) in [6.07, 6.45) is 5.83. The maximum absolute atomic E-state index is 9.79. The molecule has 4 nitrogen and oxygen atoms in total. The molecule has 1 aliphatic carbocycles. The quantitative estimate of drug-likeness (QED) is 0.835. The van der Waals surface area contributed by atoms with Crippen LogP contribution < -0.4 is 5.32 Å². The number of nitrogens with zero attached hydrogens (tertiary/aromatic N) is 2. The fraction of sp³-hybridized carbons (Fsp3) is 0.692. The normalized spacial score (nSPS) is 16.7. The molecule has 0 bridgehead atoms. The molecule has 94 valence electrons. The molecule has 0 saturated carbocycles. The van der Waals surface area contributed by atoms with Gasteiger partial charge in [-0.2, -0.15) is 0 Å². The highest BCUT2D eigenvalue weighted by molar-refractivity contribution is 5.47. The summed E-state index contributed by atoms with van der Waals surface area (Å²) in [5, 5.41) is 13.0. The Bertz CT molecular complexity index is 379. The molecular formula is C13H21N3O. The molecule has 1 aromatic heterocycles. The maximum Gasteiger partial charge on any atom is 0.132 e. The van der Waals surface area contributed by atoms with Gasteiger partial charge in [-0.25, -0.2) is 9.97 Å². The Hall–Kier alpha value is -1.16. The largest absolute Gasteiger partial charge is 0.391 e. The van der Waals surface area contributed by atoms with Gasteiger partial charge in [0.2, 0.25) is 0 Å². The second-order valence-corrected chi connectivity index (χ2v) is 5.05. The zero-order chi connectivity index (χ0) is 12.3. The van der Waals surface area contributed by atoms with Crippen LogP contribution in [0.3, 0.4) is 0 Å². The lowest BCUT2D eigenvalue weighted by Gasteiger charge is -2.20. The summed E-state index contributed by atoms with van der Waals surface area (Å²) in [6, 6.07) is 0. The summed E-state index contributed by atoms with van der Waals surface area (Å²) in [7, 11) is 0. The molecule has 2 rings (SSSR count). The molecule has 1 atom stereocenters. The monoisotopic (exact) mass is 235 g/mol. The number of rotatable bonds is 4. The smallest absolute Gasteiger partial charge is 0.132 e. The van der Waals surface area contributed by atoms with Crippen LogP contribution in [0.15, 0.2) is 6.33 Å². The van der Waals surface area contributed by atoms with E-state index in [1.807, 2.05) is 13.8 Å². The Morgan fingerprint density at radius 2 is 2.06 bits per heavy atom. The molecule has 0 spiro atoms. The molecule has 4 heteroatoms. The standard InChI is InChI=1S/C13H21N3O/c1-9(2)12(17)7-14-13-10-5-3-4-6-11(10)15-8-16-13/h8-9,12,17H,3-7H2,1-2H3,(H,14,15,16). The van der Waals surface area contributed by atoms with Crippen LogP contribution >= 0.6 is 0 Å². The van der Waals surface area contributed by atoms with Crippen LogP contribution in [0.2, 0.25) is 0 Å². The zero-order valence-electron chi connectivity index (χ0n) is 10.6. The molecule has 0 radical (unpaired) electrons. The van der Waals surface area contributed by atoms with Gasteiger partial charge in [-0.15, -0.1) is 0 Å². The van der Waals surface area contributed by atoms with Crippen LogP contribution in [0.4, 0.5) is 5.82 Å². The number of anilines is 1. The second-order valence-electron chi connectivity index (χ2n) is 5.05. The zero-order valence-corrected chi connectivity index (χ0v) is 10.6. The van der Waals surface area contributed by atoms with Crippen LogP contribution in [0.25, 0.3) is 0 Å². The fourth-order valence-corrected chi connectivity index (χ4v) is 2.11. The van der Waals surface area contributed by atoms with Crippen molar-refractivity contribution in [3.8, 4) is 0 Å². The molecule has 0 saturated heterocycles. The third-order valence-electron chi connectivity index (χ3n) is 3.37. The van der Waals surface area contributed by atoms with Gasteiger partial charge in [-0.05, 0) is 31.6 Å². The average molecular weight is 235 g/mol. The lowest BCUT2D eigenvalue weighted by atomic mass is 9.96. The molecule has 2 N–H and O–H groups in total. The Labute approximate surface area is 102 Å². The minimum Gasteiger partial charge on any atom is -0.391 e. The lowest BCUT2D eigenvalue weighted by Crippen LogP contribution is -2.26. The molecule has 1 aliphatic rings. The van der Waals surface area contributed by atoms with Crippen LogP contribution in [-0.2, 0) is 12.8 Å². The first-order chi connectivity index (χ1) is 8.18. The number of aliphatic hydroxyl groups is 1. The van der Waals surface area contributed by atoms with Gasteiger partial charge in [0.1, 0.15) is 12.1 Å². The van der Waals surface area contributed by atoms with E-state index in [2.05, 4.69) is 15.3 Å². The van der Waals surface area contributed by atoms with E-state index in [0.29, 0.717) is 6.54 Å². The summed E-state index contributed by atoms with van der Waals surface area (Å²) >= 11 is 0. The number of aliphatic hydroxyl groups excluding tert-OH is 1. The van der Waals surface area contributed by atoms with E-state index in [1.165, 1.54) is 24.1 Å². The van der Waals surface area contributed by atoms with E-state index >= 15 is 0 Å². The predicted octanol–water partition coefficient (Wildman–Crippen LogP) is 1.78. The highest BCUT2D eigenvalue weighted by Crippen LogP contribution is 2.24. The van der Waals surface area contributed by atoms with Gasteiger partial charge in [0, 0.05) is 17.8 Å². The minimum absolute atomic E-state index is 0.264. The number of hydrogen-bond acceptors (Lipinski definition) is 4. The minimum atomic E-state index is -0.329. The molecule has 1 heterocycles. The van der Waals surface area contributed by atoms with E-state index < -0.39 is 0 Å². The van der Waals surface area contributed by atoms with E-state index in [9.17, 15) is 5.11 Å². The van der Waals surface area contributed by atoms with E-state index in [-0.39, 0.29) is 12.0 Å². The van der Waals surface area contributed by atoms with Crippen LogP contribution in [-0.4, -0.2) is 27.7 Å². The maximum atomic E-state index is 9.79. The second kappa shape index (κ2) is 5.45. The van der Waals surface area contributed by atoms with Gasteiger partial charge in [0.25, 0.3) is 0 Å². The summed E-state index contributed by atoms with van der Waals surface area (Å²) in [4.78, 5) is 8.62. The first-order valence-corrected chi connectivity index (χ1v) is 6.43. The van der Waals surface area contributed by atoms with Crippen molar-refractivity contribution in [3.05, 3.63) is 17.6 Å². The van der Waals surface area contributed by atoms with Gasteiger partial charge in [-0.1, -0.05) is 13.8 Å². The third-order valence-corrected chi connectivity index (χ3v) is 3.37. The SMILES string of the molecule is CC(C)C(O)CNc1ncnc2c1CCCC2. The molecule has 0 amide bonds. The first-order valence-electron chi connectivity index (χ1n) is 6.43. The number of hydrogen-bond donors (Lipinski definition) is 2. The number of nitrogens with one attached hydrogen (secondary N) is 1. The van der Waals surface area contributed by atoms with Gasteiger partial charge >= 0.3 is 0 Å². The Morgan fingerprint density at radius 3 is 2.82 bits per heavy atom. The lowest BCUT2D eigenvalue weighted by molar-refractivity contribution is 0.138. The van der Waals surface area contributed by atoms with Crippen LogP contribution in [0.5, 0.6) is 0 Å². The Kier molecular flexibility index (Phi) is 3.94. The van der Waals surface area contributed by atoms with Gasteiger partial charge in [-0.3, -0.25) is 0 Å². The summed E-state index contributed by atoms with van der Waals surface area (Å²) < 4.78 is 0. The molecule has 1 unspecified atom stereocenters. The Balaban J connectivity index is 2.06. The van der Waals surface area contributed by atoms with Crippen molar-refractivity contribution in [2.75, 3.05) is 11.9 Å². The predicted molar refractivity (Wildman–Crippen MR) is 68.0 cm³/mol. The van der Waals surface area contributed by atoms with Crippen molar-refractivity contribution in [1.29, 1.82) is 0 Å². The van der Waals surface area contributed by atoms with Gasteiger partial charge in [0.15, 0.2) is 0 Å². The van der Waals surface area contributed by atoms with Crippen molar-refractivity contribution in [1.82, 2.24) is 9.97 Å². The van der Waals surface area contributed by atoms with E-state index in [0.717, 1.165) is 18.7 Å². The molecular weight excluding hydrogens is 214 g/mol. The van der Waals surface area contributed by atoms with E-state index in [4.69, 9.17) is 0 Å². The average Bonchev–Trinajstić information content (AvgIpc) is 2.35.